The van der Waals surface area contributed by atoms with E-state index in [0.29, 0.717) is 0 Å². The molecule has 2 rings (SSSR count). The van der Waals surface area contributed by atoms with Crippen molar-refractivity contribution in [2.75, 3.05) is 18.5 Å². The van der Waals surface area contributed by atoms with Crippen LogP contribution in [0.2, 0.25) is 18.1 Å². The Morgan fingerprint density at radius 1 is 1.02 bits per heavy atom. The molecule has 59 heavy (non-hydrogen) atoms. The van der Waals surface area contributed by atoms with Crippen molar-refractivity contribution in [3.63, 3.8) is 0 Å². The van der Waals surface area contributed by atoms with E-state index in [1.165, 1.54) is 80.7 Å². The molecular weight excluding hydrogens is 830 g/mol. The fourth-order valence-corrected chi connectivity index (χ4v) is 16.4. The molecule has 0 fully saturated rings. The van der Waals surface area contributed by atoms with Crippen molar-refractivity contribution in [1.82, 2.24) is 4.98 Å². The predicted molar refractivity (Wildman–Crippen MR) is 249 cm³/mol. The van der Waals surface area contributed by atoms with Crippen LogP contribution in [0.15, 0.2) is 29.2 Å². The third kappa shape index (κ3) is 17.4. The predicted octanol–water partition coefficient (Wildman–Crippen LogP) is 14.7. The summed E-state index contributed by atoms with van der Waals surface area (Å²) in [7, 11) is -2.35. The summed E-state index contributed by atoms with van der Waals surface area (Å²) in [5.74, 6) is -4.86. The van der Waals surface area contributed by atoms with E-state index in [-0.39, 0.29) is 29.6 Å². The molecule has 0 radical (unpaired) electrons. The molecule has 0 unspecified atom stereocenters. The number of carbonyl (C=O) groups excluding carboxylic acids is 3. The van der Waals surface area contributed by atoms with E-state index >= 15 is 0 Å². The van der Waals surface area contributed by atoms with E-state index in [1.807, 2.05) is 6.92 Å². The van der Waals surface area contributed by atoms with Gasteiger partial charge in [0.25, 0.3) is 0 Å². The molecule has 1 aliphatic rings. The Balaban J connectivity index is 0.000000697. The number of hydrogen-bond acceptors (Lipinski definition) is 7. The number of hydrogen-bond donors (Lipinski definition) is 0. The van der Waals surface area contributed by atoms with Crippen LogP contribution in [0.4, 0.5) is 13.2 Å². The number of halogens is 4. The maximum absolute atomic E-state index is 13.9. The SMILES string of the molecule is CC(=O)[C@@H]1C/C=C(/C(F)(F)F)C/C=C/[C@H](C)[C@H](O[Si](C)(C)C(C)(C)C)[C@@H](C)C(=O)C(C)(C)[C@@H](C)CC(=O)O1.CCCCP(Cl)(CCCC)(CCCC)Cc1csc(C)n1. The van der Waals surface area contributed by atoms with E-state index in [9.17, 15) is 27.6 Å². The number of aromatic nitrogens is 1. The number of unbranched alkanes of at least 4 members (excludes halogenated alkanes) is 3. The van der Waals surface area contributed by atoms with Gasteiger partial charge in [-0.25, -0.2) is 0 Å². The standard InChI is InChI=1S/C29H47F3O5Si.C17H33ClNPS/c1-18-13-12-14-22(29(30,31)32)15-16-23(21(4)33)36-24(34)17-19(2)28(8,9)26(35)20(3)25(18)37-38(10,11)27(5,6)7;1-5-8-11-20(18,12-9-6-2,13-10-7-3)14-17-15-21-16(4)19-17/h12-13,15,18-20,23,25H,14,16-17H2,1-11H3;15H,5-14H2,1-4H3/b13-12+,22-15+;/t18-,19-,20+,23-,25-;/m0./s1. The van der Waals surface area contributed by atoms with Crippen LogP contribution in [-0.4, -0.2) is 67.7 Å². The molecular formula is C46H80ClF3NO5PSSi. The van der Waals surface area contributed by atoms with Gasteiger partial charge >= 0.3 is 153 Å². The molecule has 0 saturated carbocycles. The van der Waals surface area contributed by atoms with Gasteiger partial charge in [0.15, 0.2) is 20.2 Å². The Kier molecular flexibility index (Phi) is 22.0. The first kappa shape index (κ1) is 55.6. The number of esters is 1. The molecule has 1 aromatic heterocycles. The fourth-order valence-electron chi connectivity index (χ4n) is 7.37. The Morgan fingerprint density at radius 2 is 1.54 bits per heavy atom. The second-order valence-corrected chi connectivity index (χ2v) is 33.4. The Labute approximate surface area is 366 Å². The molecule has 6 nitrogen and oxygen atoms in total. The van der Waals surface area contributed by atoms with Gasteiger partial charge in [0.2, 0.25) is 0 Å². The topological polar surface area (TPSA) is 82.6 Å². The molecule has 342 valence electrons. The number of ether oxygens (including phenoxy) is 1. The van der Waals surface area contributed by atoms with Crippen LogP contribution in [-0.2, 0) is 29.7 Å². The Bertz CT molecular complexity index is 1550. The van der Waals surface area contributed by atoms with Crippen LogP contribution in [0.25, 0.3) is 0 Å². The average Bonchev–Trinajstić information content (AvgIpc) is 3.53. The van der Waals surface area contributed by atoms with Gasteiger partial charge in [0, 0.05) is 29.7 Å². The molecule has 2 heterocycles. The quantitative estimate of drug-likeness (QED) is 0.0800. The molecule has 5 atom stereocenters. The normalized spacial score (nSPS) is 25.1. The Morgan fingerprint density at radius 3 is 1.97 bits per heavy atom. The summed E-state index contributed by atoms with van der Waals surface area (Å²) in [4.78, 5) is 43.4. The number of nitrogens with zero attached hydrogens (tertiary/aromatic N) is 1. The van der Waals surface area contributed by atoms with Crippen LogP contribution < -0.4 is 0 Å². The number of Topliss-reactive ketones (excluding diaryl/α,β-unsaturated/α-hetero) is 2. The summed E-state index contributed by atoms with van der Waals surface area (Å²) in [6, 6.07) is 0. The summed E-state index contributed by atoms with van der Waals surface area (Å²) < 4.78 is 53.3. The molecule has 0 aliphatic carbocycles. The van der Waals surface area contributed by atoms with Crippen LogP contribution in [0, 0.1) is 30.1 Å². The number of allylic oxidation sites excluding steroid dienone is 2. The third-order valence-corrected chi connectivity index (χ3v) is 25.5. The first-order chi connectivity index (χ1) is 27.0. The van der Waals surface area contributed by atoms with Gasteiger partial charge < -0.3 is 9.16 Å². The van der Waals surface area contributed by atoms with E-state index in [2.05, 4.69) is 66.9 Å². The van der Waals surface area contributed by atoms with E-state index < -0.39 is 73.7 Å². The summed E-state index contributed by atoms with van der Waals surface area (Å²) in [6.07, 6.45) is 9.05. The monoisotopic (exact) mass is 909 g/mol. The number of carbonyl (C=O) groups is 3. The number of thiazole rings is 1. The second-order valence-electron chi connectivity index (χ2n) is 19.4. The first-order valence-electron chi connectivity index (χ1n) is 22.0. The van der Waals surface area contributed by atoms with Crippen LogP contribution in [0.1, 0.15) is 152 Å². The van der Waals surface area contributed by atoms with Crippen LogP contribution in [0.3, 0.4) is 0 Å². The van der Waals surface area contributed by atoms with Gasteiger partial charge in [-0.15, -0.1) is 0 Å². The van der Waals surface area contributed by atoms with Crippen molar-refractivity contribution in [2.24, 2.45) is 23.2 Å². The third-order valence-electron chi connectivity index (χ3n) is 12.9. The number of rotatable bonds is 14. The van der Waals surface area contributed by atoms with Gasteiger partial charge in [-0.05, 0) is 43.3 Å². The molecule has 0 spiro atoms. The zero-order valence-corrected chi connectivity index (χ0v) is 42.7. The van der Waals surface area contributed by atoms with Crippen molar-refractivity contribution in [2.45, 2.75) is 190 Å². The number of alkyl halides is 3. The molecule has 0 bridgehead atoms. The van der Waals surface area contributed by atoms with Crippen molar-refractivity contribution >= 4 is 54.4 Å². The molecule has 13 heteroatoms. The Hall–Kier alpha value is -1.39. The molecule has 0 aromatic carbocycles. The van der Waals surface area contributed by atoms with Gasteiger partial charge in [-0.1, -0.05) is 73.6 Å². The fraction of sp³-hybridized carbons (Fsp3) is 0.783. The minimum atomic E-state index is -4.61. The zero-order chi connectivity index (χ0) is 45.6. The van der Waals surface area contributed by atoms with Crippen LogP contribution >= 0.6 is 28.5 Å². The first-order valence-corrected chi connectivity index (χ1v) is 29.6. The van der Waals surface area contributed by atoms with Crippen molar-refractivity contribution in [1.29, 1.82) is 0 Å². The molecule has 1 aromatic rings. The number of aryl methyl sites for hydroxylation is 1. The molecule has 0 N–H and O–H groups in total. The van der Waals surface area contributed by atoms with Gasteiger partial charge in [-0.3, -0.25) is 14.4 Å². The summed E-state index contributed by atoms with van der Waals surface area (Å²) >= 11 is 9.34. The summed E-state index contributed by atoms with van der Waals surface area (Å²) in [6.45, 7) is 29.6. The minimum absolute atomic E-state index is 0.0900. The van der Waals surface area contributed by atoms with Gasteiger partial charge in [-0.2, -0.15) is 13.2 Å². The van der Waals surface area contributed by atoms with Crippen molar-refractivity contribution < 1.29 is 36.7 Å². The van der Waals surface area contributed by atoms with E-state index in [1.54, 1.807) is 45.1 Å². The zero-order valence-electron chi connectivity index (χ0n) is 39.2. The van der Waals surface area contributed by atoms with E-state index in [0.717, 1.165) is 12.2 Å². The van der Waals surface area contributed by atoms with E-state index in [4.69, 9.17) is 25.4 Å². The molecule has 0 saturated heterocycles. The number of ketones is 2. The average molecular weight is 911 g/mol. The number of cyclic esters (lactones) is 1. The second kappa shape index (κ2) is 23.3. The molecule has 1 aliphatic heterocycles. The van der Waals surface area contributed by atoms with Gasteiger partial charge in [0.1, 0.15) is 5.78 Å². The van der Waals surface area contributed by atoms with Crippen LogP contribution in [0.5, 0.6) is 0 Å². The van der Waals surface area contributed by atoms with Crippen molar-refractivity contribution in [3.05, 3.63) is 39.9 Å². The van der Waals surface area contributed by atoms with Crippen molar-refractivity contribution in [3.8, 4) is 0 Å². The summed E-state index contributed by atoms with van der Waals surface area (Å²) in [5, 5.41) is 3.27. The van der Waals surface area contributed by atoms with Gasteiger partial charge in [0.05, 0.1) is 6.10 Å². The maximum atomic E-state index is 13.9. The summed E-state index contributed by atoms with van der Waals surface area (Å²) in [5.41, 5.74) is -0.479. The molecule has 0 amide bonds.